The quantitative estimate of drug-likeness (QED) is 0.551. The van der Waals surface area contributed by atoms with E-state index in [1.165, 1.54) is 25.7 Å². The smallest absolute Gasteiger partial charge is 0.151 e. The first-order chi connectivity index (χ1) is 8.25. The summed E-state index contributed by atoms with van der Waals surface area (Å²) in [5, 5.41) is 0. The molecular weight excluding hydrogens is 217 g/mol. The molecule has 0 unspecified atom stereocenters. The zero-order chi connectivity index (χ0) is 12.5. The van der Waals surface area contributed by atoms with Gasteiger partial charge < -0.3 is 10.5 Å². The fourth-order valence-electron chi connectivity index (χ4n) is 1.70. The van der Waals surface area contributed by atoms with Crippen LogP contribution in [0, 0.1) is 5.82 Å². The van der Waals surface area contributed by atoms with Crippen molar-refractivity contribution >= 4 is 5.69 Å². The molecule has 2 N–H and O–H groups in total. The highest BCUT2D eigenvalue weighted by atomic mass is 19.1. The molecule has 0 bridgehead atoms. The molecule has 0 aromatic heterocycles. The summed E-state index contributed by atoms with van der Waals surface area (Å²) in [4.78, 5) is 0. The Labute approximate surface area is 103 Å². The van der Waals surface area contributed by atoms with Crippen molar-refractivity contribution in [1.82, 2.24) is 0 Å². The molecule has 17 heavy (non-hydrogen) atoms. The van der Waals surface area contributed by atoms with Crippen LogP contribution in [0.4, 0.5) is 10.1 Å². The van der Waals surface area contributed by atoms with Crippen LogP contribution >= 0.6 is 0 Å². The van der Waals surface area contributed by atoms with E-state index in [9.17, 15) is 4.39 Å². The highest BCUT2D eigenvalue weighted by molar-refractivity contribution is 5.42. The van der Waals surface area contributed by atoms with Crippen molar-refractivity contribution in [2.45, 2.75) is 45.6 Å². The number of nitrogens with two attached hydrogens (primary N) is 1. The van der Waals surface area contributed by atoms with Crippen LogP contribution in [0.5, 0.6) is 0 Å². The summed E-state index contributed by atoms with van der Waals surface area (Å²) < 4.78 is 18.9. The van der Waals surface area contributed by atoms with E-state index >= 15 is 0 Å². The molecule has 1 aromatic carbocycles. The Kier molecular flexibility index (Phi) is 6.63. The molecule has 1 rings (SSSR count). The van der Waals surface area contributed by atoms with Crippen LogP contribution in [0.3, 0.4) is 0 Å². The zero-order valence-corrected chi connectivity index (χ0v) is 10.5. The topological polar surface area (TPSA) is 35.2 Å². The zero-order valence-electron chi connectivity index (χ0n) is 10.5. The molecule has 0 heterocycles. The lowest BCUT2D eigenvalue weighted by atomic mass is 10.2. The minimum absolute atomic E-state index is 0.189. The van der Waals surface area contributed by atoms with Crippen LogP contribution in [-0.2, 0) is 11.3 Å². The van der Waals surface area contributed by atoms with Crippen molar-refractivity contribution in [3.05, 3.63) is 29.6 Å². The second kappa shape index (κ2) is 8.07. The fraction of sp³-hybridized carbons (Fsp3) is 0.571. The van der Waals surface area contributed by atoms with Gasteiger partial charge in [0.25, 0.3) is 0 Å². The summed E-state index contributed by atoms with van der Waals surface area (Å²) in [7, 11) is 0. The van der Waals surface area contributed by atoms with Crippen molar-refractivity contribution in [3.63, 3.8) is 0 Å². The molecule has 96 valence electrons. The standard InChI is InChI=1S/C14H22FNO/c1-2-3-4-5-6-10-17-11-12-8-7-9-13(16)14(12)15/h7-9H,2-6,10-11,16H2,1H3. The lowest BCUT2D eigenvalue weighted by molar-refractivity contribution is 0.114. The number of unbranched alkanes of at least 4 members (excludes halogenated alkanes) is 4. The number of anilines is 1. The first kappa shape index (κ1) is 14.0. The van der Waals surface area contributed by atoms with Gasteiger partial charge in [0, 0.05) is 12.2 Å². The number of halogens is 1. The van der Waals surface area contributed by atoms with Gasteiger partial charge in [0.1, 0.15) is 0 Å². The molecular formula is C14H22FNO. The van der Waals surface area contributed by atoms with Gasteiger partial charge in [-0.05, 0) is 12.5 Å². The Bertz CT molecular complexity index is 328. The van der Waals surface area contributed by atoms with Gasteiger partial charge in [0.05, 0.1) is 12.3 Å². The molecule has 0 saturated heterocycles. The van der Waals surface area contributed by atoms with E-state index in [0.717, 1.165) is 6.42 Å². The van der Waals surface area contributed by atoms with Crippen molar-refractivity contribution in [1.29, 1.82) is 0 Å². The molecule has 0 saturated carbocycles. The molecule has 3 heteroatoms. The van der Waals surface area contributed by atoms with Crippen molar-refractivity contribution < 1.29 is 9.13 Å². The molecule has 1 aromatic rings. The first-order valence-corrected chi connectivity index (χ1v) is 6.36. The third-order valence-corrected chi connectivity index (χ3v) is 2.76. The monoisotopic (exact) mass is 239 g/mol. The van der Waals surface area contributed by atoms with Crippen LogP contribution in [-0.4, -0.2) is 6.61 Å². The molecule has 0 radical (unpaired) electrons. The third-order valence-electron chi connectivity index (χ3n) is 2.76. The SMILES string of the molecule is CCCCCCCOCc1cccc(N)c1F. The summed E-state index contributed by atoms with van der Waals surface area (Å²) in [6.07, 6.45) is 6.02. The maximum absolute atomic E-state index is 13.5. The molecule has 0 atom stereocenters. The number of ether oxygens (including phenoxy) is 1. The first-order valence-electron chi connectivity index (χ1n) is 6.36. The van der Waals surface area contributed by atoms with Crippen LogP contribution in [0.2, 0.25) is 0 Å². The fourth-order valence-corrected chi connectivity index (χ4v) is 1.70. The van der Waals surface area contributed by atoms with Gasteiger partial charge in [-0.1, -0.05) is 44.7 Å². The number of hydrogen-bond donors (Lipinski definition) is 1. The predicted molar refractivity (Wildman–Crippen MR) is 69.2 cm³/mol. The largest absolute Gasteiger partial charge is 0.396 e. The van der Waals surface area contributed by atoms with E-state index < -0.39 is 0 Å². The Morgan fingerprint density at radius 3 is 2.71 bits per heavy atom. The molecule has 2 nitrogen and oxygen atoms in total. The molecule has 0 spiro atoms. The van der Waals surface area contributed by atoms with Crippen LogP contribution < -0.4 is 5.73 Å². The minimum Gasteiger partial charge on any atom is -0.396 e. The van der Waals surface area contributed by atoms with Crippen molar-refractivity contribution in [2.75, 3.05) is 12.3 Å². The number of rotatable bonds is 8. The van der Waals surface area contributed by atoms with Gasteiger partial charge in [-0.2, -0.15) is 0 Å². The Hall–Kier alpha value is -1.09. The molecule has 0 aliphatic carbocycles. The summed E-state index contributed by atoms with van der Waals surface area (Å²) >= 11 is 0. The summed E-state index contributed by atoms with van der Waals surface area (Å²) in [5.41, 5.74) is 6.20. The van der Waals surface area contributed by atoms with E-state index in [2.05, 4.69) is 6.92 Å². The normalized spacial score (nSPS) is 10.7. The molecule has 0 fully saturated rings. The number of hydrogen-bond acceptors (Lipinski definition) is 2. The molecule has 0 aliphatic rings. The van der Waals surface area contributed by atoms with Gasteiger partial charge in [-0.25, -0.2) is 4.39 Å². The Balaban J connectivity index is 2.16. The van der Waals surface area contributed by atoms with Gasteiger partial charge >= 0.3 is 0 Å². The number of nitrogen functional groups attached to an aromatic ring is 1. The van der Waals surface area contributed by atoms with Gasteiger partial charge in [0.2, 0.25) is 0 Å². The molecule has 0 aliphatic heterocycles. The lowest BCUT2D eigenvalue weighted by Crippen LogP contribution is -2.00. The highest BCUT2D eigenvalue weighted by Crippen LogP contribution is 2.15. The van der Waals surface area contributed by atoms with E-state index in [1.54, 1.807) is 18.2 Å². The predicted octanol–water partition coefficient (Wildman–Crippen LogP) is 3.89. The van der Waals surface area contributed by atoms with Crippen LogP contribution in [0.25, 0.3) is 0 Å². The number of benzene rings is 1. The van der Waals surface area contributed by atoms with Crippen LogP contribution in [0.15, 0.2) is 18.2 Å². The Morgan fingerprint density at radius 2 is 1.94 bits per heavy atom. The van der Waals surface area contributed by atoms with E-state index in [4.69, 9.17) is 10.5 Å². The van der Waals surface area contributed by atoms with Crippen molar-refractivity contribution in [3.8, 4) is 0 Å². The average Bonchev–Trinajstić information content (AvgIpc) is 2.33. The summed E-state index contributed by atoms with van der Waals surface area (Å²) in [5.74, 6) is -0.349. The van der Waals surface area contributed by atoms with E-state index in [-0.39, 0.29) is 11.5 Å². The van der Waals surface area contributed by atoms with Gasteiger partial charge in [0.15, 0.2) is 5.82 Å². The Morgan fingerprint density at radius 1 is 1.18 bits per heavy atom. The second-order valence-corrected chi connectivity index (χ2v) is 4.29. The molecule has 0 amide bonds. The van der Waals surface area contributed by atoms with Crippen molar-refractivity contribution in [2.24, 2.45) is 0 Å². The minimum atomic E-state index is -0.349. The van der Waals surface area contributed by atoms with Crippen LogP contribution in [0.1, 0.15) is 44.6 Å². The highest BCUT2D eigenvalue weighted by Gasteiger charge is 2.04. The van der Waals surface area contributed by atoms with E-state index in [1.807, 2.05) is 0 Å². The lowest BCUT2D eigenvalue weighted by Gasteiger charge is -2.06. The third kappa shape index (κ3) is 5.18. The maximum atomic E-state index is 13.5. The van der Waals surface area contributed by atoms with Gasteiger partial charge in [-0.15, -0.1) is 0 Å². The van der Waals surface area contributed by atoms with E-state index in [0.29, 0.717) is 18.8 Å². The second-order valence-electron chi connectivity index (χ2n) is 4.29. The maximum Gasteiger partial charge on any atom is 0.151 e. The summed E-state index contributed by atoms with van der Waals surface area (Å²) in [6, 6.07) is 5.02. The summed E-state index contributed by atoms with van der Waals surface area (Å²) in [6.45, 7) is 3.20. The average molecular weight is 239 g/mol. The van der Waals surface area contributed by atoms with Gasteiger partial charge in [-0.3, -0.25) is 0 Å².